The first kappa shape index (κ1) is 20.5. The number of aromatic nitrogens is 2. The topological polar surface area (TPSA) is 50.2 Å². The van der Waals surface area contributed by atoms with E-state index in [4.69, 9.17) is 0 Å². The van der Waals surface area contributed by atoms with Crippen LogP contribution in [0.25, 0.3) is 5.69 Å². The van der Waals surface area contributed by atoms with Crippen LogP contribution in [-0.4, -0.2) is 46.8 Å². The second kappa shape index (κ2) is 9.32. The lowest BCUT2D eigenvalue weighted by Gasteiger charge is -2.30. The molecule has 1 aromatic heterocycles. The highest BCUT2D eigenvalue weighted by Crippen LogP contribution is 2.23. The summed E-state index contributed by atoms with van der Waals surface area (Å²) in [5.74, 6) is 0.504. The Labute approximate surface area is 166 Å². The second-order valence-electron chi connectivity index (χ2n) is 8.14. The van der Waals surface area contributed by atoms with Crippen LogP contribution in [0.15, 0.2) is 30.5 Å². The number of amides is 1. The second-order valence-corrected chi connectivity index (χ2v) is 8.14. The third-order valence-electron chi connectivity index (χ3n) is 5.35. The number of nitrogens with one attached hydrogen (secondary N) is 1. The molecule has 1 unspecified atom stereocenters. The van der Waals surface area contributed by atoms with E-state index in [1.54, 1.807) is 23.0 Å². The number of hydrogen-bond donors (Lipinski definition) is 1. The largest absolute Gasteiger partial charge is 0.352 e. The Kier molecular flexibility index (Phi) is 6.83. The quantitative estimate of drug-likeness (QED) is 0.732. The number of rotatable bonds is 7. The smallest absolute Gasteiger partial charge is 0.254 e. The molecule has 2 aromatic rings. The van der Waals surface area contributed by atoms with Crippen molar-refractivity contribution in [3.05, 3.63) is 47.5 Å². The number of piperidine rings is 1. The first-order valence-electron chi connectivity index (χ1n) is 10.3. The van der Waals surface area contributed by atoms with E-state index in [1.165, 1.54) is 31.5 Å². The highest BCUT2D eigenvalue weighted by molar-refractivity contribution is 5.95. The van der Waals surface area contributed by atoms with E-state index >= 15 is 0 Å². The zero-order chi connectivity index (χ0) is 20.1. The van der Waals surface area contributed by atoms with Gasteiger partial charge in [-0.3, -0.25) is 4.79 Å². The number of hydrogen-bond acceptors (Lipinski definition) is 3. The van der Waals surface area contributed by atoms with Crippen LogP contribution >= 0.6 is 0 Å². The summed E-state index contributed by atoms with van der Waals surface area (Å²) in [5, 5.41) is 7.43. The summed E-state index contributed by atoms with van der Waals surface area (Å²) >= 11 is 0. The van der Waals surface area contributed by atoms with Crippen LogP contribution in [0.1, 0.15) is 62.0 Å². The van der Waals surface area contributed by atoms with Gasteiger partial charge >= 0.3 is 0 Å². The zero-order valence-corrected chi connectivity index (χ0v) is 17.1. The Bertz CT molecular complexity index is 784. The number of likely N-dealkylation sites (tertiary alicyclic amines) is 1. The molecule has 1 amide bonds. The lowest BCUT2D eigenvalue weighted by atomic mass is 10.0. The molecule has 152 valence electrons. The molecule has 2 heterocycles. The van der Waals surface area contributed by atoms with Crippen LogP contribution in [0.3, 0.4) is 0 Å². The maximum Gasteiger partial charge on any atom is 0.254 e. The van der Waals surface area contributed by atoms with Gasteiger partial charge in [-0.05, 0) is 68.5 Å². The predicted octanol–water partition coefficient (Wildman–Crippen LogP) is 3.99. The van der Waals surface area contributed by atoms with E-state index in [-0.39, 0.29) is 17.6 Å². The number of nitrogens with zero attached hydrogens (tertiary/aromatic N) is 3. The molecule has 0 radical (unpaired) electrons. The predicted molar refractivity (Wildman–Crippen MR) is 109 cm³/mol. The molecule has 0 aliphatic carbocycles. The van der Waals surface area contributed by atoms with E-state index in [9.17, 15) is 9.18 Å². The minimum atomic E-state index is -0.289. The molecular weight excluding hydrogens is 355 g/mol. The minimum Gasteiger partial charge on any atom is -0.352 e. The highest BCUT2D eigenvalue weighted by Gasteiger charge is 2.21. The van der Waals surface area contributed by atoms with Gasteiger partial charge in [0.2, 0.25) is 0 Å². The van der Waals surface area contributed by atoms with Gasteiger partial charge in [0.15, 0.2) is 0 Å². The fraction of sp³-hybridized carbons (Fsp3) is 0.545. The van der Waals surface area contributed by atoms with Crippen molar-refractivity contribution in [2.45, 2.75) is 46.0 Å². The van der Waals surface area contributed by atoms with E-state index in [0.717, 1.165) is 36.8 Å². The molecule has 1 saturated heterocycles. The molecule has 28 heavy (non-hydrogen) atoms. The normalized spacial score (nSPS) is 17.8. The standard InChI is InChI=1S/C22H31FN4O/c1-16(2)21-20(14-25-27(21)19-9-7-18(23)8-10-19)22(28)24-11-5-13-26-12-4-6-17(3)15-26/h7-10,14,16-17H,4-6,11-13,15H2,1-3H3,(H,24,28). The monoisotopic (exact) mass is 386 g/mol. The van der Waals surface area contributed by atoms with Gasteiger partial charge in [-0.25, -0.2) is 9.07 Å². The van der Waals surface area contributed by atoms with Crippen molar-refractivity contribution in [1.82, 2.24) is 20.0 Å². The van der Waals surface area contributed by atoms with Crippen LogP contribution in [0.5, 0.6) is 0 Å². The molecule has 0 spiro atoms. The summed E-state index contributed by atoms with van der Waals surface area (Å²) in [6.07, 6.45) is 5.15. The highest BCUT2D eigenvalue weighted by atomic mass is 19.1. The van der Waals surface area contributed by atoms with Gasteiger partial charge in [-0.15, -0.1) is 0 Å². The van der Waals surface area contributed by atoms with E-state index in [0.29, 0.717) is 12.1 Å². The summed E-state index contributed by atoms with van der Waals surface area (Å²) in [5.41, 5.74) is 2.18. The SMILES string of the molecule is CC1CCCN(CCCNC(=O)c2cnn(-c3ccc(F)cc3)c2C(C)C)C1. The molecule has 1 aliphatic rings. The lowest BCUT2D eigenvalue weighted by molar-refractivity contribution is 0.0948. The lowest BCUT2D eigenvalue weighted by Crippen LogP contribution is -2.36. The maximum atomic E-state index is 13.2. The Hall–Kier alpha value is -2.21. The van der Waals surface area contributed by atoms with E-state index in [2.05, 4.69) is 22.2 Å². The van der Waals surface area contributed by atoms with Crippen LogP contribution in [-0.2, 0) is 0 Å². The van der Waals surface area contributed by atoms with Crippen molar-refractivity contribution in [2.75, 3.05) is 26.2 Å². The van der Waals surface area contributed by atoms with Gasteiger partial charge in [-0.2, -0.15) is 5.10 Å². The Balaban J connectivity index is 1.61. The Morgan fingerprint density at radius 1 is 1.32 bits per heavy atom. The first-order chi connectivity index (χ1) is 13.5. The minimum absolute atomic E-state index is 0.0935. The third kappa shape index (κ3) is 4.98. The van der Waals surface area contributed by atoms with Crippen LogP contribution in [0, 0.1) is 11.7 Å². The van der Waals surface area contributed by atoms with Gasteiger partial charge in [0.1, 0.15) is 5.82 Å². The summed E-state index contributed by atoms with van der Waals surface area (Å²) < 4.78 is 15.0. The molecule has 1 aromatic carbocycles. The molecule has 1 atom stereocenters. The molecule has 0 saturated carbocycles. The molecule has 6 heteroatoms. The zero-order valence-electron chi connectivity index (χ0n) is 17.1. The molecule has 1 N–H and O–H groups in total. The molecule has 0 bridgehead atoms. The van der Waals surface area contributed by atoms with Crippen molar-refractivity contribution >= 4 is 5.91 Å². The molecule has 1 fully saturated rings. The van der Waals surface area contributed by atoms with Crippen molar-refractivity contribution in [3.8, 4) is 5.69 Å². The summed E-state index contributed by atoms with van der Waals surface area (Å²) in [6, 6.07) is 6.16. The number of carbonyl (C=O) groups excluding carboxylic acids is 1. The number of halogens is 1. The van der Waals surface area contributed by atoms with Gasteiger partial charge in [0, 0.05) is 13.1 Å². The average Bonchev–Trinajstić information content (AvgIpc) is 3.11. The van der Waals surface area contributed by atoms with Crippen molar-refractivity contribution in [3.63, 3.8) is 0 Å². The van der Waals surface area contributed by atoms with Gasteiger partial charge in [0.25, 0.3) is 5.91 Å². The average molecular weight is 387 g/mol. The Morgan fingerprint density at radius 3 is 2.75 bits per heavy atom. The fourth-order valence-electron chi connectivity index (χ4n) is 3.97. The van der Waals surface area contributed by atoms with Crippen molar-refractivity contribution in [1.29, 1.82) is 0 Å². The van der Waals surface area contributed by atoms with E-state index in [1.807, 2.05) is 13.8 Å². The molecule has 3 rings (SSSR count). The maximum absolute atomic E-state index is 13.2. The van der Waals surface area contributed by atoms with Crippen LogP contribution in [0.4, 0.5) is 4.39 Å². The fourth-order valence-corrected chi connectivity index (χ4v) is 3.97. The first-order valence-corrected chi connectivity index (χ1v) is 10.3. The molecule has 5 nitrogen and oxygen atoms in total. The van der Waals surface area contributed by atoms with Gasteiger partial charge in [-0.1, -0.05) is 20.8 Å². The third-order valence-corrected chi connectivity index (χ3v) is 5.35. The Morgan fingerprint density at radius 2 is 2.07 bits per heavy atom. The molecular formula is C22H31FN4O. The van der Waals surface area contributed by atoms with Crippen molar-refractivity contribution < 1.29 is 9.18 Å². The summed E-state index contributed by atoms with van der Waals surface area (Å²) in [6.45, 7) is 10.4. The van der Waals surface area contributed by atoms with Crippen LogP contribution < -0.4 is 5.32 Å². The molecule has 1 aliphatic heterocycles. The van der Waals surface area contributed by atoms with E-state index < -0.39 is 0 Å². The van der Waals surface area contributed by atoms with Gasteiger partial charge in [0.05, 0.1) is 23.1 Å². The summed E-state index contributed by atoms with van der Waals surface area (Å²) in [4.78, 5) is 15.2. The number of benzene rings is 1. The van der Waals surface area contributed by atoms with Crippen molar-refractivity contribution in [2.24, 2.45) is 5.92 Å². The van der Waals surface area contributed by atoms with Gasteiger partial charge < -0.3 is 10.2 Å². The van der Waals surface area contributed by atoms with Crippen LogP contribution in [0.2, 0.25) is 0 Å². The number of carbonyl (C=O) groups is 1. The summed E-state index contributed by atoms with van der Waals surface area (Å²) in [7, 11) is 0.